The third kappa shape index (κ3) is 6.03. The zero-order chi connectivity index (χ0) is 22.3. The highest BCUT2D eigenvalue weighted by Crippen LogP contribution is 2.31. The summed E-state index contributed by atoms with van der Waals surface area (Å²) in [5.74, 6) is 1.09. The first-order valence-corrected chi connectivity index (χ1v) is 13.0. The van der Waals surface area contributed by atoms with E-state index >= 15 is 0 Å². The number of hydrogen-bond acceptors (Lipinski definition) is 6. The van der Waals surface area contributed by atoms with Crippen LogP contribution < -0.4 is 4.74 Å². The lowest BCUT2D eigenvalue weighted by Gasteiger charge is -2.30. The average Bonchev–Trinajstić information content (AvgIpc) is 3.31. The summed E-state index contributed by atoms with van der Waals surface area (Å²) in [6.07, 6.45) is 3.16. The van der Waals surface area contributed by atoms with Crippen LogP contribution in [0.3, 0.4) is 0 Å². The van der Waals surface area contributed by atoms with Gasteiger partial charge in [-0.3, -0.25) is 0 Å². The molecule has 0 radical (unpaired) electrons. The van der Waals surface area contributed by atoms with Crippen LogP contribution in [-0.4, -0.2) is 39.9 Å². The monoisotopic (exact) mass is 470 g/mol. The Labute approximate surface area is 195 Å². The molecule has 8 heteroatoms. The van der Waals surface area contributed by atoms with E-state index in [0.29, 0.717) is 32.2 Å². The van der Waals surface area contributed by atoms with Crippen LogP contribution in [0.5, 0.6) is 5.75 Å². The number of ether oxygens (including phenoxy) is 2. The van der Waals surface area contributed by atoms with Crippen LogP contribution in [0.25, 0.3) is 0 Å². The molecule has 2 aromatic carbocycles. The first kappa shape index (κ1) is 22.6. The Morgan fingerprint density at radius 1 is 1.12 bits per heavy atom. The van der Waals surface area contributed by atoms with Gasteiger partial charge in [0.2, 0.25) is 0 Å². The van der Waals surface area contributed by atoms with Gasteiger partial charge in [0, 0.05) is 24.4 Å². The van der Waals surface area contributed by atoms with Crippen LogP contribution >= 0.6 is 11.3 Å². The Hall–Kier alpha value is -2.55. The van der Waals surface area contributed by atoms with Crippen LogP contribution in [0.4, 0.5) is 4.79 Å². The number of nitrogens with zero attached hydrogens (tertiary/aromatic N) is 2. The SMILES string of the molecule is C[S+]([O-])c1ccc(OCc2csc(C3CCN(C(=O)OCc4ccccc4)CC3)n2)cc1. The molecule has 1 aliphatic rings. The van der Waals surface area contributed by atoms with Crippen molar-refractivity contribution in [1.29, 1.82) is 0 Å². The van der Waals surface area contributed by atoms with Gasteiger partial charge in [0.1, 0.15) is 25.2 Å². The molecular formula is C24H26N2O4S2. The number of carbonyl (C=O) groups is 1. The fourth-order valence-corrected chi connectivity index (χ4v) is 5.08. The van der Waals surface area contributed by atoms with Crippen molar-refractivity contribution in [1.82, 2.24) is 9.88 Å². The Morgan fingerprint density at radius 2 is 1.84 bits per heavy atom. The molecule has 32 heavy (non-hydrogen) atoms. The first-order chi connectivity index (χ1) is 15.6. The Balaban J connectivity index is 1.22. The van der Waals surface area contributed by atoms with Gasteiger partial charge in [-0.25, -0.2) is 9.78 Å². The minimum absolute atomic E-state index is 0.251. The smallest absolute Gasteiger partial charge is 0.410 e. The van der Waals surface area contributed by atoms with Crippen molar-refractivity contribution in [3.05, 3.63) is 76.2 Å². The molecule has 1 atom stereocenters. The molecule has 0 saturated carbocycles. The summed E-state index contributed by atoms with van der Waals surface area (Å²) in [6.45, 7) is 2.05. The summed E-state index contributed by atoms with van der Waals surface area (Å²) < 4.78 is 22.7. The summed E-state index contributed by atoms with van der Waals surface area (Å²) in [7, 11) is 0. The number of benzene rings is 2. The van der Waals surface area contributed by atoms with Crippen molar-refractivity contribution in [2.24, 2.45) is 0 Å². The summed E-state index contributed by atoms with van der Waals surface area (Å²) in [4.78, 5) is 19.7. The number of thiazole rings is 1. The molecular weight excluding hydrogens is 444 g/mol. The third-order valence-electron chi connectivity index (χ3n) is 5.42. The maximum atomic E-state index is 12.4. The van der Waals surface area contributed by atoms with E-state index in [1.165, 1.54) is 0 Å². The normalized spacial score (nSPS) is 15.4. The Morgan fingerprint density at radius 3 is 2.53 bits per heavy atom. The van der Waals surface area contributed by atoms with E-state index in [2.05, 4.69) is 0 Å². The summed E-state index contributed by atoms with van der Waals surface area (Å²) >= 11 is 0.657. The standard InChI is InChI=1S/C24H26N2O4S2/c1-32(28)22-9-7-21(8-10-22)29-16-20-17-31-23(25-20)19-11-13-26(14-12-19)24(27)30-15-18-5-3-2-4-6-18/h2-10,17,19H,11-16H2,1H3. The molecule has 1 aromatic heterocycles. The van der Waals surface area contributed by atoms with Crippen LogP contribution in [0.15, 0.2) is 64.9 Å². The molecule has 0 bridgehead atoms. The highest BCUT2D eigenvalue weighted by molar-refractivity contribution is 7.90. The lowest BCUT2D eigenvalue weighted by Crippen LogP contribution is -2.38. The van der Waals surface area contributed by atoms with Crippen LogP contribution in [0.2, 0.25) is 0 Å². The molecule has 1 unspecified atom stereocenters. The van der Waals surface area contributed by atoms with Gasteiger partial charge < -0.3 is 18.9 Å². The second-order valence-electron chi connectivity index (χ2n) is 7.69. The van der Waals surface area contributed by atoms with Gasteiger partial charge in [-0.2, -0.15) is 0 Å². The van der Waals surface area contributed by atoms with Gasteiger partial charge in [0.25, 0.3) is 0 Å². The van der Waals surface area contributed by atoms with E-state index in [0.717, 1.165) is 39.8 Å². The van der Waals surface area contributed by atoms with E-state index in [1.54, 1.807) is 22.5 Å². The van der Waals surface area contributed by atoms with Gasteiger partial charge in [-0.1, -0.05) is 30.3 Å². The minimum Gasteiger partial charge on any atom is -0.612 e. The van der Waals surface area contributed by atoms with Crippen molar-refractivity contribution < 1.29 is 18.8 Å². The average molecular weight is 471 g/mol. The number of carbonyl (C=O) groups excluding carboxylic acids is 1. The summed E-state index contributed by atoms with van der Waals surface area (Å²) in [6, 6.07) is 17.0. The van der Waals surface area contributed by atoms with Gasteiger partial charge in [-0.05, 0) is 53.8 Å². The maximum absolute atomic E-state index is 12.4. The zero-order valence-electron chi connectivity index (χ0n) is 17.9. The number of piperidine rings is 1. The molecule has 3 aromatic rings. The number of amides is 1. The van der Waals surface area contributed by atoms with Gasteiger partial charge in [-0.15, -0.1) is 11.3 Å². The van der Waals surface area contributed by atoms with Crippen LogP contribution in [-0.2, 0) is 29.1 Å². The molecule has 6 nitrogen and oxygen atoms in total. The molecule has 0 N–H and O–H groups in total. The lowest BCUT2D eigenvalue weighted by molar-refractivity contribution is 0.0870. The third-order valence-corrected chi connectivity index (χ3v) is 7.41. The van der Waals surface area contributed by atoms with E-state index in [9.17, 15) is 9.35 Å². The highest BCUT2D eigenvalue weighted by atomic mass is 32.2. The Bertz CT molecular complexity index is 1000. The molecule has 1 amide bonds. The van der Waals surface area contributed by atoms with E-state index < -0.39 is 11.2 Å². The highest BCUT2D eigenvalue weighted by Gasteiger charge is 2.26. The van der Waals surface area contributed by atoms with Crippen LogP contribution in [0.1, 0.15) is 35.0 Å². The van der Waals surface area contributed by atoms with Crippen molar-refractivity contribution >= 4 is 28.6 Å². The molecule has 1 saturated heterocycles. The van der Waals surface area contributed by atoms with Crippen molar-refractivity contribution in [3.8, 4) is 5.75 Å². The molecule has 4 rings (SSSR count). The second kappa shape index (κ2) is 10.8. The van der Waals surface area contributed by atoms with Crippen LogP contribution in [0, 0.1) is 0 Å². The first-order valence-electron chi connectivity index (χ1n) is 10.5. The van der Waals surface area contributed by atoms with Gasteiger partial charge >= 0.3 is 6.09 Å². The molecule has 1 aliphatic heterocycles. The number of hydrogen-bond donors (Lipinski definition) is 0. The van der Waals surface area contributed by atoms with E-state index in [1.807, 2.05) is 60.0 Å². The fourth-order valence-electron chi connectivity index (χ4n) is 3.58. The molecule has 0 aliphatic carbocycles. The maximum Gasteiger partial charge on any atom is 0.410 e. The molecule has 0 spiro atoms. The van der Waals surface area contributed by atoms with Gasteiger partial charge in [0.05, 0.1) is 10.7 Å². The molecule has 1 fully saturated rings. The summed E-state index contributed by atoms with van der Waals surface area (Å²) in [5, 5.41) is 3.13. The topological polar surface area (TPSA) is 74.7 Å². The number of likely N-dealkylation sites (tertiary alicyclic amines) is 1. The number of aromatic nitrogens is 1. The predicted molar refractivity (Wildman–Crippen MR) is 125 cm³/mol. The van der Waals surface area contributed by atoms with Crippen molar-refractivity contribution in [2.75, 3.05) is 19.3 Å². The van der Waals surface area contributed by atoms with Gasteiger partial charge in [0.15, 0.2) is 4.90 Å². The quantitative estimate of drug-likeness (QED) is 0.456. The molecule has 168 valence electrons. The van der Waals surface area contributed by atoms with E-state index in [-0.39, 0.29) is 6.09 Å². The molecule has 2 heterocycles. The zero-order valence-corrected chi connectivity index (χ0v) is 19.6. The van der Waals surface area contributed by atoms with E-state index in [4.69, 9.17) is 14.5 Å². The fraction of sp³-hybridized carbons (Fsp3) is 0.333. The number of rotatable bonds is 7. The minimum atomic E-state index is -0.991. The lowest BCUT2D eigenvalue weighted by atomic mass is 9.98. The predicted octanol–water partition coefficient (Wildman–Crippen LogP) is 4.98. The summed E-state index contributed by atoms with van der Waals surface area (Å²) in [5.41, 5.74) is 1.89. The Kier molecular flexibility index (Phi) is 7.68. The largest absolute Gasteiger partial charge is 0.612 e. The van der Waals surface area contributed by atoms with Crippen molar-refractivity contribution in [3.63, 3.8) is 0 Å². The second-order valence-corrected chi connectivity index (χ2v) is 9.96. The van der Waals surface area contributed by atoms with Crippen molar-refractivity contribution in [2.45, 2.75) is 36.9 Å².